The van der Waals surface area contributed by atoms with Gasteiger partial charge in [-0.25, -0.2) is 0 Å². The zero-order chi connectivity index (χ0) is 9.19. The van der Waals surface area contributed by atoms with Gasteiger partial charge in [-0.2, -0.15) is 0 Å². The van der Waals surface area contributed by atoms with E-state index >= 15 is 0 Å². The molecule has 2 N–H and O–H groups in total. The second kappa shape index (κ2) is 3.75. The van der Waals surface area contributed by atoms with Gasteiger partial charge in [0.2, 0.25) is 0 Å². The average molecular weight is 171 g/mol. The van der Waals surface area contributed by atoms with Crippen molar-refractivity contribution in [3.8, 4) is 0 Å². The van der Waals surface area contributed by atoms with Gasteiger partial charge in [0.1, 0.15) is 0 Å². The smallest absolute Gasteiger partial charge is 0.0674 e. The molecular weight excluding hydrogens is 150 g/mol. The molecule has 0 atom stereocenters. The molecule has 0 aromatic carbocycles. The van der Waals surface area contributed by atoms with Crippen molar-refractivity contribution in [3.63, 3.8) is 0 Å². The molecule has 0 aromatic rings. The van der Waals surface area contributed by atoms with E-state index in [0.29, 0.717) is 12.0 Å². The maximum atomic E-state index is 9.71. The van der Waals surface area contributed by atoms with Crippen LogP contribution >= 0.6 is 0 Å². The van der Waals surface area contributed by atoms with Gasteiger partial charge in [0.05, 0.1) is 5.60 Å². The van der Waals surface area contributed by atoms with Gasteiger partial charge in [-0.3, -0.25) is 0 Å². The summed E-state index contributed by atoms with van der Waals surface area (Å²) in [6.45, 7) is 7.54. The van der Waals surface area contributed by atoms with Crippen molar-refractivity contribution in [2.45, 2.75) is 51.7 Å². The minimum Gasteiger partial charge on any atom is -0.390 e. The summed E-state index contributed by atoms with van der Waals surface area (Å²) in [6, 6.07) is 0.567. The van der Waals surface area contributed by atoms with Crippen LogP contribution in [-0.4, -0.2) is 23.3 Å². The molecule has 0 unspecified atom stereocenters. The molecule has 0 radical (unpaired) electrons. The summed E-state index contributed by atoms with van der Waals surface area (Å²) in [7, 11) is 0. The lowest BCUT2D eigenvalue weighted by atomic mass is 9.74. The second-order valence-corrected chi connectivity index (χ2v) is 4.49. The van der Waals surface area contributed by atoms with E-state index in [9.17, 15) is 5.11 Å². The second-order valence-electron chi connectivity index (χ2n) is 4.49. The van der Waals surface area contributed by atoms with Crippen molar-refractivity contribution in [1.29, 1.82) is 0 Å². The summed E-state index contributed by atoms with van der Waals surface area (Å²) in [4.78, 5) is 0. The Balaban J connectivity index is 2.09. The molecule has 2 nitrogen and oxygen atoms in total. The molecule has 1 saturated carbocycles. The molecule has 2 heteroatoms. The zero-order valence-electron chi connectivity index (χ0n) is 8.43. The third-order valence-electron chi connectivity index (χ3n) is 2.73. The molecule has 0 amide bonds. The fraction of sp³-hybridized carbons (Fsp3) is 1.00. The Morgan fingerprint density at radius 3 is 2.50 bits per heavy atom. The van der Waals surface area contributed by atoms with E-state index in [2.05, 4.69) is 26.1 Å². The summed E-state index contributed by atoms with van der Waals surface area (Å²) < 4.78 is 0. The third-order valence-corrected chi connectivity index (χ3v) is 2.73. The first-order valence-corrected chi connectivity index (χ1v) is 5.01. The minimum absolute atomic E-state index is 0.339. The number of nitrogens with one attached hydrogen (secondary N) is 1. The first-order valence-electron chi connectivity index (χ1n) is 5.01. The standard InChI is InChI=1S/C10H21NO/c1-4-10(12)5-9(6-10)11-7-8(2)3/h8-9,11-12H,4-7H2,1-3H3. The van der Waals surface area contributed by atoms with E-state index in [1.54, 1.807) is 0 Å². The molecule has 1 rings (SSSR count). The van der Waals surface area contributed by atoms with Gasteiger partial charge >= 0.3 is 0 Å². The highest BCUT2D eigenvalue weighted by atomic mass is 16.3. The van der Waals surface area contributed by atoms with Crippen LogP contribution in [0.5, 0.6) is 0 Å². The van der Waals surface area contributed by atoms with Crippen molar-refractivity contribution in [3.05, 3.63) is 0 Å². The van der Waals surface area contributed by atoms with Crippen molar-refractivity contribution in [2.75, 3.05) is 6.54 Å². The van der Waals surface area contributed by atoms with E-state index in [0.717, 1.165) is 25.8 Å². The van der Waals surface area contributed by atoms with E-state index in [4.69, 9.17) is 0 Å². The predicted molar refractivity (Wildman–Crippen MR) is 51.1 cm³/mol. The number of aliphatic hydroxyl groups is 1. The van der Waals surface area contributed by atoms with Gasteiger partial charge in [-0.15, -0.1) is 0 Å². The van der Waals surface area contributed by atoms with Crippen LogP contribution in [0.25, 0.3) is 0 Å². The van der Waals surface area contributed by atoms with Gasteiger partial charge in [0, 0.05) is 6.04 Å². The van der Waals surface area contributed by atoms with Crippen LogP contribution in [-0.2, 0) is 0 Å². The molecule has 0 aliphatic heterocycles. The highest BCUT2D eigenvalue weighted by Crippen LogP contribution is 2.34. The Morgan fingerprint density at radius 1 is 1.50 bits per heavy atom. The molecule has 12 heavy (non-hydrogen) atoms. The van der Waals surface area contributed by atoms with E-state index in [-0.39, 0.29) is 5.60 Å². The molecule has 0 bridgehead atoms. The predicted octanol–water partition coefficient (Wildman–Crippen LogP) is 1.54. The monoisotopic (exact) mass is 171 g/mol. The van der Waals surface area contributed by atoms with Gasteiger partial charge in [-0.05, 0) is 31.7 Å². The molecule has 0 spiro atoms. The van der Waals surface area contributed by atoms with Crippen molar-refractivity contribution >= 4 is 0 Å². The van der Waals surface area contributed by atoms with Crippen LogP contribution < -0.4 is 5.32 Å². The largest absolute Gasteiger partial charge is 0.390 e. The lowest BCUT2D eigenvalue weighted by Crippen LogP contribution is -2.53. The normalized spacial score (nSPS) is 35.2. The lowest BCUT2D eigenvalue weighted by Gasteiger charge is -2.43. The molecule has 0 saturated heterocycles. The molecule has 0 heterocycles. The maximum absolute atomic E-state index is 9.71. The summed E-state index contributed by atoms with van der Waals surface area (Å²) in [5.74, 6) is 0.709. The summed E-state index contributed by atoms with van der Waals surface area (Å²) in [6.07, 6.45) is 2.78. The van der Waals surface area contributed by atoms with Gasteiger partial charge in [-0.1, -0.05) is 20.8 Å². The van der Waals surface area contributed by atoms with Gasteiger partial charge in [0.15, 0.2) is 0 Å². The number of rotatable bonds is 4. The van der Waals surface area contributed by atoms with Crippen LogP contribution in [0.1, 0.15) is 40.0 Å². The highest BCUT2D eigenvalue weighted by molar-refractivity contribution is 4.97. The Hall–Kier alpha value is -0.0800. The van der Waals surface area contributed by atoms with Crippen molar-refractivity contribution < 1.29 is 5.11 Å². The zero-order valence-corrected chi connectivity index (χ0v) is 8.43. The number of hydrogen-bond donors (Lipinski definition) is 2. The average Bonchev–Trinajstić information content (AvgIpc) is 1.95. The SMILES string of the molecule is CCC1(O)CC(NCC(C)C)C1. The summed E-state index contributed by atoms with van der Waals surface area (Å²) >= 11 is 0. The van der Waals surface area contributed by atoms with E-state index in [1.807, 2.05) is 0 Å². The van der Waals surface area contributed by atoms with E-state index in [1.165, 1.54) is 0 Å². The van der Waals surface area contributed by atoms with Crippen molar-refractivity contribution in [1.82, 2.24) is 5.32 Å². The number of hydrogen-bond acceptors (Lipinski definition) is 2. The molecular formula is C10H21NO. The van der Waals surface area contributed by atoms with Crippen LogP contribution in [0.3, 0.4) is 0 Å². The molecule has 1 fully saturated rings. The summed E-state index contributed by atoms with van der Waals surface area (Å²) in [5.41, 5.74) is -0.339. The van der Waals surface area contributed by atoms with Crippen LogP contribution in [0.15, 0.2) is 0 Å². The van der Waals surface area contributed by atoms with Crippen LogP contribution in [0.4, 0.5) is 0 Å². The Bertz CT molecular complexity index is 139. The molecule has 72 valence electrons. The van der Waals surface area contributed by atoms with Crippen LogP contribution in [0.2, 0.25) is 0 Å². The highest BCUT2D eigenvalue weighted by Gasteiger charge is 2.40. The molecule has 1 aliphatic carbocycles. The van der Waals surface area contributed by atoms with Crippen LogP contribution in [0, 0.1) is 5.92 Å². The third kappa shape index (κ3) is 2.46. The Morgan fingerprint density at radius 2 is 2.08 bits per heavy atom. The lowest BCUT2D eigenvalue weighted by molar-refractivity contribution is -0.0588. The first-order chi connectivity index (χ1) is 5.56. The van der Waals surface area contributed by atoms with Gasteiger partial charge < -0.3 is 10.4 Å². The Labute approximate surface area is 75.4 Å². The maximum Gasteiger partial charge on any atom is 0.0674 e. The fourth-order valence-electron chi connectivity index (χ4n) is 1.69. The topological polar surface area (TPSA) is 32.3 Å². The Kier molecular flexibility index (Phi) is 3.13. The minimum atomic E-state index is -0.339. The fourth-order valence-corrected chi connectivity index (χ4v) is 1.69. The quantitative estimate of drug-likeness (QED) is 0.672. The molecule has 0 aromatic heterocycles. The first kappa shape index (κ1) is 10.0. The molecule has 1 aliphatic rings. The van der Waals surface area contributed by atoms with Gasteiger partial charge in [0.25, 0.3) is 0 Å². The van der Waals surface area contributed by atoms with Crippen molar-refractivity contribution in [2.24, 2.45) is 5.92 Å². The van der Waals surface area contributed by atoms with E-state index < -0.39 is 0 Å². The summed E-state index contributed by atoms with van der Waals surface area (Å²) in [5, 5.41) is 13.2.